The van der Waals surface area contributed by atoms with Gasteiger partial charge in [-0.25, -0.2) is 0 Å². The number of H-pyrrole nitrogens is 1. The molecule has 4 atom stereocenters. The van der Waals surface area contributed by atoms with Gasteiger partial charge in [-0.05, 0) is 48.9 Å². The number of carbonyl (C=O) groups is 1. The zero-order valence-electron chi connectivity index (χ0n) is 13.8. The van der Waals surface area contributed by atoms with Gasteiger partial charge in [-0.1, -0.05) is 13.3 Å². The number of hydrogen-bond donors (Lipinski definition) is 1. The number of hydrogen-bond acceptors (Lipinski definition) is 2. The molecule has 4 nitrogen and oxygen atoms in total. The second kappa shape index (κ2) is 5.59. The number of ether oxygens (including phenoxy) is 1. The maximum Gasteiger partial charge on any atom is 0.209 e. The van der Waals surface area contributed by atoms with Gasteiger partial charge in [0, 0.05) is 35.1 Å². The number of fused-ring (bicyclic) bond motifs is 4. The van der Waals surface area contributed by atoms with Gasteiger partial charge in [0.2, 0.25) is 6.41 Å². The summed E-state index contributed by atoms with van der Waals surface area (Å²) in [7, 11) is 1.70. The fraction of sp³-hybridized carbons (Fsp3) is 0.526. The lowest BCUT2D eigenvalue weighted by molar-refractivity contribution is -0.129. The number of methoxy groups -OCH3 is 1. The molecule has 1 saturated carbocycles. The van der Waals surface area contributed by atoms with E-state index in [4.69, 9.17) is 4.74 Å². The minimum Gasteiger partial charge on any atom is -0.497 e. The summed E-state index contributed by atoms with van der Waals surface area (Å²) in [5.41, 5.74) is 2.42. The third kappa shape index (κ3) is 2.32. The SMILES string of the molecule is CC[C@H]1C[C@H]2C[C@@H](c3cc4cc(OC)ccc4[nH]3)C1N(C=O)C2. The summed E-state index contributed by atoms with van der Waals surface area (Å²) in [6.07, 6.45) is 4.68. The zero-order valence-corrected chi connectivity index (χ0v) is 13.8. The Morgan fingerprint density at radius 1 is 1.35 bits per heavy atom. The Morgan fingerprint density at radius 3 is 2.96 bits per heavy atom. The summed E-state index contributed by atoms with van der Waals surface area (Å²) in [4.78, 5) is 17.2. The van der Waals surface area contributed by atoms with Crippen LogP contribution in [-0.2, 0) is 4.79 Å². The minimum atomic E-state index is 0.345. The van der Waals surface area contributed by atoms with Crippen LogP contribution in [0.3, 0.4) is 0 Å². The molecule has 4 heteroatoms. The van der Waals surface area contributed by atoms with E-state index in [9.17, 15) is 4.79 Å². The molecule has 122 valence electrons. The van der Waals surface area contributed by atoms with Crippen molar-refractivity contribution in [3.63, 3.8) is 0 Å². The predicted octanol–water partition coefficient (Wildman–Crippen LogP) is 3.54. The van der Waals surface area contributed by atoms with Crippen LogP contribution in [0.1, 0.15) is 37.8 Å². The van der Waals surface area contributed by atoms with Gasteiger partial charge in [0.05, 0.1) is 7.11 Å². The molecule has 0 spiro atoms. The molecular formula is C19H24N2O2. The lowest BCUT2D eigenvalue weighted by Crippen LogP contribution is -2.56. The van der Waals surface area contributed by atoms with E-state index in [-0.39, 0.29) is 0 Å². The van der Waals surface area contributed by atoms with Gasteiger partial charge in [-0.3, -0.25) is 4.79 Å². The summed E-state index contributed by atoms with van der Waals surface area (Å²) in [6, 6.07) is 8.73. The van der Waals surface area contributed by atoms with Crippen LogP contribution in [0, 0.1) is 11.8 Å². The highest BCUT2D eigenvalue weighted by molar-refractivity contribution is 5.82. The van der Waals surface area contributed by atoms with Crippen LogP contribution in [0.25, 0.3) is 10.9 Å². The van der Waals surface area contributed by atoms with Crippen molar-refractivity contribution in [1.29, 1.82) is 0 Å². The maximum atomic E-state index is 11.5. The Bertz CT molecular complexity index is 723. The van der Waals surface area contributed by atoms with Crippen molar-refractivity contribution >= 4 is 17.3 Å². The summed E-state index contributed by atoms with van der Waals surface area (Å²) < 4.78 is 5.33. The zero-order chi connectivity index (χ0) is 16.0. The molecular weight excluding hydrogens is 288 g/mol. The van der Waals surface area contributed by atoms with Crippen molar-refractivity contribution in [2.75, 3.05) is 13.7 Å². The number of amides is 1. The first-order chi connectivity index (χ1) is 11.2. The number of aromatic amines is 1. The Labute approximate surface area is 136 Å². The van der Waals surface area contributed by atoms with Crippen LogP contribution in [0.4, 0.5) is 0 Å². The minimum absolute atomic E-state index is 0.345. The lowest BCUT2D eigenvalue weighted by atomic mass is 9.65. The molecule has 3 heterocycles. The van der Waals surface area contributed by atoms with Crippen LogP contribution in [0.5, 0.6) is 5.75 Å². The molecule has 3 fully saturated rings. The van der Waals surface area contributed by atoms with Gasteiger partial charge < -0.3 is 14.6 Å². The number of carbonyl (C=O) groups excluding carboxylic acids is 1. The summed E-state index contributed by atoms with van der Waals surface area (Å²) in [6.45, 7) is 3.19. The quantitative estimate of drug-likeness (QED) is 0.878. The number of nitrogens with zero attached hydrogens (tertiary/aromatic N) is 1. The lowest BCUT2D eigenvalue weighted by Gasteiger charge is -2.52. The van der Waals surface area contributed by atoms with Crippen LogP contribution in [0.15, 0.2) is 24.3 Å². The monoisotopic (exact) mass is 312 g/mol. The highest BCUT2D eigenvalue weighted by Gasteiger charge is 2.46. The second-order valence-electron chi connectivity index (χ2n) is 7.08. The Balaban J connectivity index is 1.72. The molecule has 1 aromatic carbocycles. The second-order valence-corrected chi connectivity index (χ2v) is 7.08. The molecule has 1 aliphatic carbocycles. The molecule has 3 aliphatic rings. The molecule has 1 unspecified atom stereocenters. The average molecular weight is 312 g/mol. The van der Waals surface area contributed by atoms with E-state index in [1.54, 1.807) is 7.11 Å². The fourth-order valence-corrected chi connectivity index (χ4v) is 4.85. The molecule has 1 N–H and O–H groups in total. The van der Waals surface area contributed by atoms with Gasteiger partial charge in [0.15, 0.2) is 0 Å². The molecule has 5 rings (SSSR count). The third-order valence-electron chi connectivity index (χ3n) is 5.88. The average Bonchev–Trinajstić information content (AvgIpc) is 3.04. The van der Waals surface area contributed by atoms with Crippen molar-refractivity contribution in [2.24, 2.45) is 11.8 Å². The number of benzene rings is 1. The Hall–Kier alpha value is -1.97. The molecule has 23 heavy (non-hydrogen) atoms. The van der Waals surface area contributed by atoms with Crippen LogP contribution in [-0.4, -0.2) is 36.0 Å². The first-order valence-electron chi connectivity index (χ1n) is 8.61. The van der Waals surface area contributed by atoms with Crippen molar-refractivity contribution in [3.8, 4) is 5.75 Å². The van der Waals surface area contributed by atoms with E-state index < -0.39 is 0 Å². The predicted molar refractivity (Wildman–Crippen MR) is 90.7 cm³/mol. The number of aromatic nitrogens is 1. The van der Waals surface area contributed by atoms with E-state index in [1.807, 2.05) is 6.07 Å². The van der Waals surface area contributed by atoms with Gasteiger partial charge in [0.25, 0.3) is 0 Å². The molecule has 2 aliphatic heterocycles. The van der Waals surface area contributed by atoms with Gasteiger partial charge in [0.1, 0.15) is 5.75 Å². The van der Waals surface area contributed by atoms with Crippen LogP contribution >= 0.6 is 0 Å². The van der Waals surface area contributed by atoms with Crippen LogP contribution < -0.4 is 4.74 Å². The summed E-state index contributed by atoms with van der Waals surface area (Å²) in [5.74, 6) is 2.57. The first-order valence-corrected chi connectivity index (χ1v) is 8.61. The normalized spacial score (nSPS) is 29.9. The largest absolute Gasteiger partial charge is 0.497 e. The Morgan fingerprint density at radius 2 is 2.22 bits per heavy atom. The standard InChI is InChI=1S/C19H24N2O2/c1-3-13-6-12-7-16(19(13)21(10-12)11-22)18-9-14-8-15(23-2)4-5-17(14)20-18/h4-5,8-9,11-13,16,19-20H,3,6-7,10H2,1-2H3/t12-,13-,16-,19?/m0/s1. The summed E-state index contributed by atoms with van der Waals surface area (Å²) >= 11 is 0. The van der Waals surface area contributed by atoms with Gasteiger partial charge in [-0.2, -0.15) is 0 Å². The number of nitrogens with one attached hydrogen (secondary N) is 1. The van der Waals surface area contributed by atoms with Crippen molar-refractivity contribution in [2.45, 2.75) is 38.1 Å². The molecule has 1 aromatic heterocycles. The highest BCUT2D eigenvalue weighted by Crippen LogP contribution is 2.48. The van der Waals surface area contributed by atoms with E-state index in [2.05, 4.69) is 35.0 Å². The molecule has 0 radical (unpaired) electrons. The van der Waals surface area contributed by atoms with Gasteiger partial charge >= 0.3 is 0 Å². The van der Waals surface area contributed by atoms with E-state index in [0.717, 1.165) is 30.6 Å². The number of rotatable bonds is 4. The maximum absolute atomic E-state index is 11.5. The number of piperidine rings is 2. The van der Waals surface area contributed by atoms with E-state index in [0.29, 0.717) is 23.8 Å². The van der Waals surface area contributed by atoms with Crippen molar-refractivity contribution < 1.29 is 9.53 Å². The van der Waals surface area contributed by atoms with Gasteiger partial charge in [-0.15, -0.1) is 0 Å². The third-order valence-corrected chi connectivity index (χ3v) is 5.88. The van der Waals surface area contributed by atoms with Crippen LogP contribution in [0.2, 0.25) is 0 Å². The smallest absolute Gasteiger partial charge is 0.209 e. The van der Waals surface area contributed by atoms with Crippen molar-refractivity contribution in [3.05, 3.63) is 30.0 Å². The Kier molecular flexibility index (Phi) is 3.55. The molecule has 2 bridgehead atoms. The summed E-state index contributed by atoms with van der Waals surface area (Å²) in [5, 5.41) is 1.19. The topological polar surface area (TPSA) is 45.3 Å². The fourth-order valence-electron chi connectivity index (χ4n) is 4.85. The first kappa shape index (κ1) is 14.6. The highest BCUT2D eigenvalue weighted by atomic mass is 16.5. The molecule has 2 saturated heterocycles. The molecule has 1 amide bonds. The van der Waals surface area contributed by atoms with E-state index in [1.165, 1.54) is 23.9 Å². The molecule has 2 aromatic rings. The van der Waals surface area contributed by atoms with Crippen molar-refractivity contribution in [1.82, 2.24) is 9.88 Å². The van der Waals surface area contributed by atoms with E-state index >= 15 is 0 Å².